The van der Waals surface area contributed by atoms with Crippen LogP contribution in [-0.4, -0.2) is 0 Å². The van der Waals surface area contributed by atoms with Gasteiger partial charge in [0.05, 0.1) is 0 Å². The lowest BCUT2D eigenvalue weighted by Crippen LogP contribution is -2.30. The van der Waals surface area contributed by atoms with E-state index in [2.05, 4.69) is 64.3 Å². The first kappa shape index (κ1) is 16.1. The van der Waals surface area contributed by atoms with E-state index in [9.17, 15) is 0 Å². The highest BCUT2D eigenvalue weighted by atomic mass is 14.4. The Hall–Kier alpha value is -1.26. The fourth-order valence-corrected chi connectivity index (χ4v) is 3.97. The van der Waals surface area contributed by atoms with Crippen LogP contribution in [0.3, 0.4) is 0 Å². The molecule has 114 valence electrons. The lowest BCUT2D eigenvalue weighted by atomic mass is 9.64. The molecule has 0 spiro atoms. The van der Waals surface area contributed by atoms with Crippen LogP contribution in [0.25, 0.3) is 5.57 Å². The van der Waals surface area contributed by atoms with Crippen LogP contribution in [0.4, 0.5) is 0 Å². The molecule has 1 unspecified atom stereocenters. The lowest BCUT2D eigenvalue weighted by Gasteiger charge is -2.40. The minimum Gasteiger partial charge on any atom is -0.124 e. The van der Waals surface area contributed by atoms with Gasteiger partial charge in [0.15, 0.2) is 0 Å². The molecule has 0 N–H and O–H groups in total. The highest BCUT2D eigenvalue weighted by molar-refractivity contribution is 5.67. The van der Waals surface area contributed by atoms with Gasteiger partial charge in [0.1, 0.15) is 0 Å². The van der Waals surface area contributed by atoms with Gasteiger partial charge in [-0.25, -0.2) is 0 Å². The zero-order chi connectivity index (χ0) is 15.5. The summed E-state index contributed by atoms with van der Waals surface area (Å²) in [6.45, 7) is 13.3. The van der Waals surface area contributed by atoms with Crippen molar-refractivity contribution in [2.75, 3.05) is 0 Å². The molecule has 1 aliphatic carbocycles. The van der Waals surface area contributed by atoms with Gasteiger partial charge in [-0.2, -0.15) is 0 Å². The monoisotopic (exact) mass is 282 g/mol. The molecule has 21 heavy (non-hydrogen) atoms. The Kier molecular flexibility index (Phi) is 5.12. The van der Waals surface area contributed by atoms with Crippen LogP contribution in [0.5, 0.6) is 0 Å². The maximum atomic E-state index is 4.03. The van der Waals surface area contributed by atoms with Crippen molar-refractivity contribution < 1.29 is 0 Å². The number of allylic oxidation sites excluding steroid dienone is 1. The first-order chi connectivity index (χ1) is 9.93. The predicted octanol–water partition coefficient (Wildman–Crippen LogP) is 6.41. The van der Waals surface area contributed by atoms with Gasteiger partial charge in [-0.05, 0) is 42.6 Å². The molecule has 0 saturated heterocycles. The van der Waals surface area contributed by atoms with E-state index >= 15 is 0 Å². The largest absolute Gasteiger partial charge is 0.124 e. The summed E-state index contributed by atoms with van der Waals surface area (Å²) >= 11 is 0. The Morgan fingerprint density at radius 3 is 2.14 bits per heavy atom. The van der Waals surface area contributed by atoms with Gasteiger partial charge >= 0.3 is 0 Å². The number of aryl methyl sites for hydroxylation is 1. The van der Waals surface area contributed by atoms with Gasteiger partial charge in [-0.1, -0.05) is 76.4 Å². The first-order valence-corrected chi connectivity index (χ1v) is 8.40. The average Bonchev–Trinajstić information content (AvgIpc) is 2.45. The van der Waals surface area contributed by atoms with Crippen LogP contribution in [0.15, 0.2) is 36.6 Å². The van der Waals surface area contributed by atoms with Crippen molar-refractivity contribution in [3.05, 3.63) is 47.7 Å². The Balaban J connectivity index is 2.38. The molecule has 0 nitrogen and oxygen atoms in total. The molecule has 1 aromatic rings. The third-order valence-corrected chi connectivity index (χ3v) is 4.92. The van der Waals surface area contributed by atoms with Crippen LogP contribution in [0.1, 0.15) is 64.0 Å². The smallest absolute Gasteiger partial charge is 0.00448 e. The van der Waals surface area contributed by atoms with E-state index in [4.69, 9.17) is 0 Å². The first-order valence-electron chi connectivity index (χ1n) is 8.40. The second-order valence-electron chi connectivity index (χ2n) is 7.70. The Morgan fingerprint density at radius 2 is 1.67 bits per heavy atom. The van der Waals surface area contributed by atoms with Crippen molar-refractivity contribution in [1.29, 1.82) is 0 Å². The lowest BCUT2D eigenvalue weighted by molar-refractivity contribution is 0.175. The summed E-state index contributed by atoms with van der Waals surface area (Å²) < 4.78 is 0. The van der Waals surface area contributed by atoms with Gasteiger partial charge < -0.3 is 0 Å². The molecule has 1 aliphatic rings. The van der Waals surface area contributed by atoms with E-state index in [0.717, 1.165) is 5.92 Å². The van der Waals surface area contributed by atoms with Crippen LogP contribution >= 0.6 is 0 Å². The normalized spacial score (nSPS) is 18.1. The highest BCUT2D eigenvalue weighted by Crippen LogP contribution is 2.46. The summed E-state index contributed by atoms with van der Waals surface area (Å²) in [7, 11) is 0. The Labute approximate surface area is 131 Å². The second kappa shape index (κ2) is 6.67. The summed E-state index contributed by atoms with van der Waals surface area (Å²) in [5, 5.41) is 0. The molecular formula is C21H30. The van der Waals surface area contributed by atoms with E-state index in [1.54, 1.807) is 0 Å². The summed E-state index contributed by atoms with van der Waals surface area (Å²) in [6, 6.07) is 8.88. The molecule has 0 aliphatic heterocycles. The van der Waals surface area contributed by atoms with E-state index < -0.39 is 0 Å². The van der Waals surface area contributed by atoms with Gasteiger partial charge in [-0.3, -0.25) is 0 Å². The number of benzene rings is 1. The quantitative estimate of drug-likeness (QED) is 0.562. The number of hydrogen-bond acceptors (Lipinski definition) is 0. The van der Waals surface area contributed by atoms with Gasteiger partial charge in [0.2, 0.25) is 0 Å². The molecule has 0 radical (unpaired) electrons. The summed E-state index contributed by atoms with van der Waals surface area (Å²) in [4.78, 5) is 0. The van der Waals surface area contributed by atoms with Crippen molar-refractivity contribution in [3.8, 4) is 0 Å². The standard InChI is InChI=1S/C21H30/c1-6-19(17-14-12-16(2)13-15-17)20(21(3,4)5)18-10-8-7-9-11-18/h12-15,18,20H,1,7-11H2,2-5H3. The molecule has 1 aromatic carbocycles. The Morgan fingerprint density at radius 1 is 1.10 bits per heavy atom. The molecule has 1 fully saturated rings. The van der Waals surface area contributed by atoms with E-state index in [0.29, 0.717) is 5.92 Å². The maximum absolute atomic E-state index is 4.03. The molecule has 1 saturated carbocycles. The summed E-state index contributed by atoms with van der Waals surface area (Å²) in [6.07, 6.45) is 6.90. The molecule has 2 rings (SSSR count). The van der Waals surface area contributed by atoms with E-state index in [-0.39, 0.29) is 5.41 Å². The molecular weight excluding hydrogens is 252 g/mol. The van der Waals surface area contributed by atoms with Crippen molar-refractivity contribution in [3.63, 3.8) is 0 Å². The van der Waals surface area contributed by atoms with Crippen LogP contribution in [-0.2, 0) is 0 Å². The summed E-state index contributed by atoms with van der Waals surface area (Å²) in [5.74, 6) is 1.34. The molecule has 1 atom stereocenters. The zero-order valence-corrected chi connectivity index (χ0v) is 14.2. The van der Waals surface area contributed by atoms with Crippen molar-refractivity contribution in [2.45, 2.75) is 59.8 Å². The van der Waals surface area contributed by atoms with Gasteiger partial charge in [0, 0.05) is 5.57 Å². The third-order valence-electron chi connectivity index (χ3n) is 4.92. The average molecular weight is 282 g/mol. The molecule has 0 bridgehead atoms. The molecule has 0 heteroatoms. The SMILES string of the molecule is C=C=C(c1ccc(C)cc1)C(C1CCCCC1)C(C)(C)C. The van der Waals surface area contributed by atoms with E-state index in [1.807, 2.05) is 0 Å². The van der Waals surface area contributed by atoms with Crippen molar-refractivity contribution in [2.24, 2.45) is 17.3 Å². The maximum Gasteiger partial charge on any atom is 0.00448 e. The highest BCUT2D eigenvalue weighted by Gasteiger charge is 2.36. The fraction of sp³-hybridized carbons (Fsp3) is 0.571. The minimum atomic E-state index is 0.257. The molecule has 0 aromatic heterocycles. The molecule has 0 heterocycles. The number of rotatable bonds is 3. The second-order valence-corrected chi connectivity index (χ2v) is 7.70. The minimum absolute atomic E-state index is 0.257. The number of hydrogen-bond donors (Lipinski definition) is 0. The summed E-state index contributed by atoms with van der Waals surface area (Å²) in [5.41, 5.74) is 7.51. The van der Waals surface area contributed by atoms with Gasteiger partial charge in [0.25, 0.3) is 0 Å². The van der Waals surface area contributed by atoms with E-state index in [1.165, 1.54) is 48.8 Å². The van der Waals surface area contributed by atoms with Crippen LogP contribution in [0, 0.1) is 24.2 Å². The zero-order valence-electron chi connectivity index (χ0n) is 14.2. The predicted molar refractivity (Wildman–Crippen MR) is 93.2 cm³/mol. The van der Waals surface area contributed by atoms with Crippen molar-refractivity contribution >= 4 is 5.57 Å². The fourth-order valence-electron chi connectivity index (χ4n) is 3.97. The van der Waals surface area contributed by atoms with Crippen LogP contribution in [0.2, 0.25) is 0 Å². The van der Waals surface area contributed by atoms with Crippen LogP contribution < -0.4 is 0 Å². The van der Waals surface area contributed by atoms with Crippen molar-refractivity contribution in [1.82, 2.24) is 0 Å². The topological polar surface area (TPSA) is 0 Å². The van der Waals surface area contributed by atoms with Gasteiger partial charge in [-0.15, -0.1) is 5.73 Å². The Bertz CT molecular complexity index is 500. The third kappa shape index (κ3) is 3.89. The molecule has 0 amide bonds.